The maximum atomic E-state index is 13.4. The molecule has 5 aromatic rings. The Bertz CT molecular complexity index is 1800. The smallest absolute Gasteiger partial charge is 0.263 e. The molecule has 1 fully saturated rings. The summed E-state index contributed by atoms with van der Waals surface area (Å²) in [4.78, 5) is 33.1. The van der Waals surface area contributed by atoms with Crippen molar-refractivity contribution in [2.45, 2.75) is 66.5 Å². The van der Waals surface area contributed by atoms with Gasteiger partial charge in [0.25, 0.3) is 11.5 Å². The van der Waals surface area contributed by atoms with Gasteiger partial charge in [0.05, 0.1) is 11.9 Å². The van der Waals surface area contributed by atoms with Crippen LogP contribution in [-0.4, -0.2) is 44.2 Å². The van der Waals surface area contributed by atoms with Gasteiger partial charge in [-0.15, -0.1) is 5.10 Å². The van der Waals surface area contributed by atoms with E-state index in [2.05, 4.69) is 20.3 Å². The number of hydrogen-bond donors (Lipinski definition) is 1. The Balaban J connectivity index is 0.000000466. The summed E-state index contributed by atoms with van der Waals surface area (Å²) in [6.45, 7) is 11.7. The van der Waals surface area contributed by atoms with Crippen molar-refractivity contribution in [3.63, 3.8) is 0 Å². The third-order valence-corrected chi connectivity index (χ3v) is 7.83. The van der Waals surface area contributed by atoms with Crippen molar-refractivity contribution in [2.24, 2.45) is 0 Å². The van der Waals surface area contributed by atoms with E-state index in [1.807, 2.05) is 51.3 Å². The van der Waals surface area contributed by atoms with E-state index >= 15 is 0 Å². The second-order valence-electron chi connectivity index (χ2n) is 10.9. The largest absolute Gasteiger partial charge is 0.353 e. The number of carbonyl (C=O) groups is 1. The van der Waals surface area contributed by atoms with Crippen LogP contribution in [0.1, 0.15) is 60.1 Å². The van der Waals surface area contributed by atoms with E-state index in [1.54, 1.807) is 47.2 Å². The standard InChI is InChI=1S/C28H31FN6O2.C6H5F.C2H6/c1-4-24-18(2)15-23(28(37)34(24)14-11-20-5-7-21(29)8-6-20)27(36)31-22-12-13-33(17-22)26-10-9-25-30-16-19(3)35(25)32-26;7-6-4-2-1-3-5-6;1-2/h5-10,15-16,22H,4,11-14,17H2,1-3H3,(H,31,36);1-5H;1-2H3/t22-;;/m0../s1. The van der Waals surface area contributed by atoms with Crippen molar-refractivity contribution in [3.8, 4) is 0 Å². The lowest BCUT2D eigenvalue weighted by Crippen LogP contribution is -2.41. The van der Waals surface area contributed by atoms with Crippen molar-refractivity contribution in [3.05, 3.63) is 129 Å². The summed E-state index contributed by atoms with van der Waals surface area (Å²) in [7, 11) is 0. The zero-order valence-corrected chi connectivity index (χ0v) is 27.1. The monoisotopic (exact) mass is 628 g/mol. The first-order valence-electron chi connectivity index (χ1n) is 15.8. The number of nitrogens with zero attached hydrogens (tertiary/aromatic N) is 5. The van der Waals surface area contributed by atoms with Crippen molar-refractivity contribution in [1.29, 1.82) is 0 Å². The molecule has 0 unspecified atom stereocenters. The van der Waals surface area contributed by atoms with Crippen LogP contribution in [0.5, 0.6) is 0 Å². The van der Waals surface area contributed by atoms with Gasteiger partial charge in [-0.1, -0.05) is 51.1 Å². The quantitative estimate of drug-likeness (QED) is 0.228. The number of nitrogens with one attached hydrogen (secondary N) is 1. The van der Waals surface area contributed by atoms with Gasteiger partial charge in [-0.05, 0) is 86.7 Å². The van der Waals surface area contributed by atoms with Crippen molar-refractivity contribution < 1.29 is 13.6 Å². The SMILES string of the molecule is CC.CCc1c(C)cc(C(=O)N[C@H]2CCN(c3ccc4ncc(C)n4n3)C2)c(=O)n1CCc1ccc(F)cc1.Fc1ccccc1. The minimum atomic E-state index is -0.355. The maximum Gasteiger partial charge on any atom is 0.263 e. The number of carbonyl (C=O) groups excluding carboxylic acids is 1. The summed E-state index contributed by atoms with van der Waals surface area (Å²) in [6.07, 6.45) is 3.80. The molecule has 1 amide bonds. The predicted octanol–water partition coefficient (Wildman–Crippen LogP) is 6.31. The molecule has 0 spiro atoms. The van der Waals surface area contributed by atoms with Gasteiger partial charge in [-0.3, -0.25) is 9.59 Å². The van der Waals surface area contributed by atoms with Gasteiger partial charge in [0, 0.05) is 31.4 Å². The molecule has 1 aliphatic rings. The van der Waals surface area contributed by atoms with Gasteiger partial charge < -0.3 is 14.8 Å². The van der Waals surface area contributed by atoms with Crippen molar-refractivity contribution in [2.75, 3.05) is 18.0 Å². The highest BCUT2D eigenvalue weighted by molar-refractivity contribution is 5.94. The molecule has 242 valence electrons. The average Bonchev–Trinajstić information content (AvgIpc) is 3.69. The fourth-order valence-corrected chi connectivity index (χ4v) is 5.51. The zero-order chi connectivity index (χ0) is 33.2. The van der Waals surface area contributed by atoms with E-state index in [1.165, 1.54) is 24.3 Å². The summed E-state index contributed by atoms with van der Waals surface area (Å²) >= 11 is 0. The molecule has 10 heteroatoms. The third-order valence-electron chi connectivity index (χ3n) is 7.83. The van der Waals surface area contributed by atoms with E-state index in [-0.39, 0.29) is 34.7 Å². The van der Waals surface area contributed by atoms with Gasteiger partial charge >= 0.3 is 0 Å². The average molecular weight is 629 g/mol. The summed E-state index contributed by atoms with van der Waals surface area (Å²) in [5.41, 5.74) is 4.38. The number of fused-ring (bicyclic) bond motifs is 1. The van der Waals surface area contributed by atoms with E-state index in [4.69, 9.17) is 0 Å². The molecule has 0 saturated carbocycles. The minimum Gasteiger partial charge on any atom is -0.353 e. The van der Waals surface area contributed by atoms with Crippen LogP contribution in [0, 0.1) is 25.5 Å². The Morgan fingerprint density at radius 2 is 1.67 bits per heavy atom. The minimum absolute atomic E-state index is 0.0906. The molecule has 1 atom stereocenters. The number of anilines is 1. The van der Waals surface area contributed by atoms with Crippen LogP contribution in [0.3, 0.4) is 0 Å². The number of aromatic nitrogens is 4. The first-order chi connectivity index (χ1) is 22.2. The molecular formula is C36H42F2N6O2. The summed E-state index contributed by atoms with van der Waals surface area (Å²) in [5, 5.41) is 7.76. The molecule has 46 heavy (non-hydrogen) atoms. The number of amides is 1. The molecule has 0 bridgehead atoms. The summed E-state index contributed by atoms with van der Waals surface area (Å²) < 4.78 is 28.7. The Hall–Kier alpha value is -4.86. The summed E-state index contributed by atoms with van der Waals surface area (Å²) in [5.74, 6) is 0.00877. The summed E-state index contributed by atoms with van der Waals surface area (Å²) in [6, 6.07) is 19.7. The molecule has 6 rings (SSSR count). The second kappa shape index (κ2) is 15.9. The number of imidazole rings is 1. The lowest BCUT2D eigenvalue weighted by Gasteiger charge is -2.19. The van der Waals surface area contributed by atoms with Crippen LogP contribution in [0.15, 0.2) is 83.8 Å². The maximum absolute atomic E-state index is 13.4. The van der Waals surface area contributed by atoms with E-state index in [9.17, 15) is 18.4 Å². The Kier molecular flexibility index (Phi) is 11.8. The topological polar surface area (TPSA) is 84.5 Å². The Morgan fingerprint density at radius 1 is 0.978 bits per heavy atom. The molecule has 0 radical (unpaired) electrons. The number of halogens is 2. The first-order valence-corrected chi connectivity index (χ1v) is 15.8. The highest BCUT2D eigenvalue weighted by Gasteiger charge is 2.27. The first kappa shape index (κ1) is 34.0. The highest BCUT2D eigenvalue weighted by Crippen LogP contribution is 2.20. The fourth-order valence-electron chi connectivity index (χ4n) is 5.51. The van der Waals surface area contributed by atoms with Crippen molar-refractivity contribution in [1.82, 2.24) is 24.5 Å². The molecule has 1 saturated heterocycles. The van der Waals surface area contributed by atoms with Gasteiger partial charge in [0.15, 0.2) is 5.65 Å². The molecule has 2 aromatic carbocycles. The van der Waals surface area contributed by atoms with Crippen LogP contribution in [0.2, 0.25) is 0 Å². The molecular weight excluding hydrogens is 586 g/mol. The van der Waals surface area contributed by atoms with Crippen LogP contribution < -0.4 is 15.8 Å². The van der Waals surface area contributed by atoms with E-state index in [0.29, 0.717) is 25.9 Å². The molecule has 1 aliphatic heterocycles. The second-order valence-corrected chi connectivity index (χ2v) is 10.9. The predicted molar refractivity (Wildman–Crippen MR) is 178 cm³/mol. The molecule has 8 nitrogen and oxygen atoms in total. The van der Waals surface area contributed by atoms with Gasteiger partial charge in [-0.2, -0.15) is 0 Å². The normalized spacial score (nSPS) is 13.9. The van der Waals surface area contributed by atoms with Crippen LogP contribution in [-0.2, 0) is 19.4 Å². The molecule has 3 aromatic heterocycles. The van der Waals surface area contributed by atoms with E-state index in [0.717, 1.165) is 46.9 Å². The number of rotatable bonds is 7. The van der Waals surface area contributed by atoms with Gasteiger partial charge in [0.1, 0.15) is 23.0 Å². The van der Waals surface area contributed by atoms with Gasteiger partial charge in [0.2, 0.25) is 0 Å². The van der Waals surface area contributed by atoms with Crippen LogP contribution in [0.25, 0.3) is 5.65 Å². The Morgan fingerprint density at radius 3 is 2.33 bits per heavy atom. The number of hydrogen-bond acceptors (Lipinski definition) is 5. The number of aryl methyl sites for hydroxylation is 3. The van der Waals surface area contributed by atoms with E-state index < -0.39 is 0 Å². The molecule has 4 heterocycles. The van der Waals surface area contributed by atoms with Crippen LogP contribution in [0.4, 0.5) is 14.6 Å². The lowest BCUT2D eigenvalue weighted by atomic mass is 10.1. The van der Waals surface area contributed by atoms with Gasteiger partial charge in [-0.25, -0.2) is 18.3 Å². The zero-order valence-electron chi connectivity index (χ0n) is 27.1. The Labute approximate surface area is 268 Å². The third kappa shape index (κ3) is 8.24. The van der Waals surface area contributed by atoms with Crippen LogP contribution >= 0.6 is 0 Å². The number of pyridine rings is 1. The molecule has 1 N–H and O–H groups in total. The van der Waals surface area contributed by atoms with Crippen molar-refractivity contribution >= 4 is 17.4 Å². The fraction of sp³-hybridized carbons (Fsp3) is 0.333. The number of benzene rings is 2. The lowest BCUT2D eigenvalue weighted by molar-refractivity contribution is 0.0938. The highest BCUT2D eigenvalue weighted by atomic mass is 19.1. The molecule has 0 aliphatic carbocycles.